The van der Waals surface area contributed by atoms with Gasteiger partial charge in [-0.15, -0.1) is 0 Å². The van der Waals surface area contributed by atoms with Crippen LogP contribution < -0.4 is 5.73 Å². The lowest BCUT2D eigenvalue weighted by atomic mass is 10.0. The van der Waals surface area contributed by atoms with Crippen LogP contribution in [-0.4, -0.2) is 59.9 Å². The smallest absolute Gasteiger partial charge is 0.472 e. The van der Waals surface area contributed by atoms with Gasteiger partial charge in [0.15, 0.2) is 6.10 Å². The summed E-state index contributed by atoms with van der Waals surface area (Å²) in [7, 11) is -4.71. The van der Waals surface area contributed by atoms with Crippen molar-refractivity contribution in [1.82, 2.24) is 0 Å². The van der Waals surface area contributed by atoms with Crippen LogP contribution in [0.5, 0.6) is 0 Å². The van der Waals surface area contributed by atoms with E-state index in [0.29, 0.717) is 12.8 Å². The third-order valence-corrected chi connectivity index (χ3v) is 9.96. The third kappa shape index (κ3) is 35.3. The maximum atomic E-state index is 12.6. The highest BCUT2D eigenvalue weighted by atomic mass is 31.2. The molecular formula is C40H76NO10P. The van der Waals surface area contributed by atoms with Crippen LogP contribution in [0.1, 0.15) is 194 Å². The fraction of sp³-hybridized carbons (Fsp3) is 0.875. The summed E-state index contributed by atoms with van der Waals surface area (Å²) in [5, 5.41) is 8.87. The number of aliphatic carboxylic acids is 1. The van der Waals surface area contributed by atoms with Crippen molar-refractivity contribution < 1.29 is 47.5 Å². The first kappa shape index (κ1) is 50.2. The quantitative estimate of drug-likeness (QED) is 0.0235. The van der Waals surface area contributed by atoms with E-state index >= 15 is 0 Å². The van der Waals surface area contributed by atoms with Crippen LogP contribution in [0.15, 0.2) is 12.2 Å². The Hall–Kier alpha value is -1.78. The lowest BCUT2D eigenvalue weighted by Crippen LogP contribution is -2.34. The number of carbonyl (C=O) groups is 3. The Balaban J connectivity index is 4.39. The molecule has 0 aliphatic rings. The maximum absolute atomic E-state index is 12.6. The van der Waals surface area contributed by atoms with Crippen molar-refractivity contribution in [3.63, 3.8) is 0 Å². The highest BCUT2D eigenvalue weighted by molar-refractivity contribution is 7.47. The van der Waals surface area contributed by atoms with Gasteiger partial charge in [0.25, 0.3) is 0 Å². The zero-order valence-electron chi connectivity index (χ0n) is 32.9. The van der Waals surface area contributed by atoms with Crippen LogP contribution >= 0.6 is 7.82 Å². The fourth-order valence-electron chi connectivity index (χ4n) is 5.71. The molecule has 1 unspecified atom stereocenters. The molecule has 11 nitrogen and oxygen atoms in total. The Morgan fingerprint density at radius 2 is 0.962 bits per heavy atom. The van der Waals surface area contributed by atoms with Crippen LogP contribution in [0.2, 0.25) is 0 Å². The molecule has 0 saturated heterocycles. The Morgan fingerprint density at radius 1 is 0.577 bits per heavy atom. The number of rotatable bonds is 39. The second-order valence-electron chi connectivity index (χ2n) is 14.1. The molecule has 0 aliphatic heterocycles. The summed E-state index contributed by atoms with van der Waals surface area (Å²) in [6.45, 7) is 2.79. The number of esters is 2. The van der Waals surface area contributed by atoms with Crippen molar-refractivity contribution in [2.45, 2.75) is 206 Å². The minimum atomic E-state index is -4.71. The number of hydrogen-bond donors (Lipinski definition) is 3. The molecule has 12 heteroatoms. The molecule has 0 radical (unpaired) electrons. The summed E-state index contributed by atoms with van der Waals surface area (Å²) >= 11 is 0. The maximum Gasteiger partial charge on any atom is 0.472 e. The van der Waals surface area contributed by atoms with Crippen molar-refractivity contribution in [2.75, 3.05) is 19.8 Å². The van der Waals surface area contributed by atoms with E-state index in [2.05, 4.69) is 30.5 Å². The van der Waals surface area contributed by atoms with Crippen LogP contribution in [0.25, 0.3) is 0 Å². The normalized spacial score (nSPS) is 13.9. The number of nitrogens with two attached hydrogens (primary N) is 1. The van der Waals surface area contributed by atoms with Crippen LogP contribution in [0, 0.1) is 0 Å². The molecule has 0 rings (SSSR count). The first-order valence-corrected chi connectivity index (χ1v) is 22.2. The van der Waals surface area contributed by atoms with Crippen LogP contribution in [0.4, 0.5) is 0 Å². The standard InChI is InChI=1S/C40H76NO10P/c1-3-5-7-9-11-13-15-17-18-20-22-24-26-28-30-32-39(43)51-36(34-49-52(46,47)50-35-37(41)40(44)45)33-48-38(42)31-29-27-25-23-21-19-16-14-12-10-8-6-4-2/h17-18,36-37H,3-16,19-35,41H2,1-2H3,(H,44,45)(H,46,47)/b18-17+/t36-,37+/m1/s1. The third-order valence-electron chi connectivity index (χ3n) is 9.01. The van der Waals surface area contributed by atoms with Crippen LogP contribution in [-0.2, 0) is 37.5 Å². The first-order valence-electron chi connectivity index (χ1n) is 20.7. The second-order valence-corrected chi connectivity index (χ2v) is 15.6. The van der Waals surface area contributed by atoms with E-state index in [4.69, 9.17) is 24.8 Å². The fourth-order valence-corrected chi connectivity index (χ4v) is 6.48. The average molecular weight is 762 g/mol. The Bertz CT molecular complexity index is 947. The van der Waals surface area contributed by atoms with Crippen molar-refractivity contribution in [3.05, 3.63) is 12.2 Å². The van der Waals surface area contributed by atoms with Gasteiger partial charge in [-0.05, 0) is 38.5 Å². The van der Waals surface area contributed by atoms with Gasteiger partial charge in [-0.25, -0.2) is 4.57 Å². The lowest BCUT2D eigenvalue weighted by molar-refractivity contribution is -0.161. The number of hydrogen-bond acceptors (Lipinski definition) is 9. The highest BCUT2D eigenvalue weighted by Crippen LogP contribution is 2.43. The molecule has 0 spiro atoms. The molecule has 0 heterocycles. The number of unbranched alkanes of at least 4 members (excludes halogenated alkanes) is 23. The van der Waals surface area contributed by atoms with Gasteiger partial charge in [0.1, 0.15) is 12.6 Å². The largest absolute Gasteiger partial charge is 0.480 e. The van der Waals surface area contributed by atoms with Gasteiger partial charge < -0.3 is 25.2 Å². The van der Waals surface area contributed by atoms with E-state index < -0.39 is 51.1 Å². The van der Waals surface area contributed by atoms with Gasteiger partial charge in [0, 0.05) is 12.8 Å². The summed E-state index contributed by atoms with van der Waals surface area (Å²) in [5.41, 5.74) is 5.32. The zero-order valence-corrected chi connectivity index (χ0v) is 33.8. The van der Waals surface area contributed by atoms with Crippen molar-refractivity contribution in [1.29, 1.82) is 0 Å². The molecule has 0 bridgehead atoms. The van der Waals surface area contributed by atoms with Gasteiger partial charge in [-0.2, -0.15) is 0 Å². The molecular weight excluding hydrogens is 685 g/mol. The number of ether oxygens (including phenoxy) is 2. The molecule has 0 aromatic carbocycles. The molecule has 52 heavy (non-hydrogen) atoms. The molecule has 0 saturated carbocycles. The van der Waals surface area contributed by atoms with Gasteiger partial charge in [0.05, 0.1) is 13.2 Å². The molecule has 4 N–H and O–H groups in total. The molecule has 0 aromatic heterocycles. The van der Waals surface area contributed by atoms with Gasteiger partial charge in [0.2, 0.25) is 0 Å². The van der Waals surface area contributed by atoms with E-state index in [1.165, 1.54) is 96.3 Å². The average Bonchev–Trinajstić information content (AvgIpc) is 3.12. The number of carboxylic acids is 1. The van der Waals surface area contributed by atoms with E-state index in [1.807, 2.05) is 0 Å². The van der Waals surface area contributed by atoms with Crippen molar-refractivity contribution in [2.24, 2.45) is 5.73 Å². The summed E-state index contributed by atoms with van der Waals surface area (Å²) in [5.74, 6) is -2.38. The number of phosphoric ester groups is 1. The summed E-state index contributed by atoms with van der Waals surface area (Å²) in [6, 6.07) is -1.52. The summed E-state index contributed by atoms with van der Waals surface area (Å²) < 4.78 is 32.6. The van der Waals surface area contributed by atoms with E-state index in [9.17, 15) is 23.8 Å². The Kier molecular flexibility index (Phi) is 35.0. The number of carbonyl (C=O) groups excluding carboxylic acids is 2. The van der Waals surface area contributed by atoms with Crippen LogP contribution in [0.3, 0.4) is 0 Å². The predicted octanol–water partition coefficient (Wildman–Crippen LogP) is 10.5. The zero-order chi connectivity index (χ0) is 38.5. The number of phosphoric acid groups is 1. The van der Waals surface area contributed by atoms with Gasteiger partial charge in [-0.1, -0.05) is 154 Å². The minimum Gasteiger partial charge on any atom is -0.480 e. The van der Waals surface area contributed by atoms with Crippen molar-refractivity contribution in [3.8, 4) is 0 Å². The highest BCUT2D eigenvalue weighted by Gasteiger charge is 2.28. The van der Waals surface area contributed by atoms with E-state index in [1.54, 1.807) is 0 Å². The predicted molar refractivity (Wildman–Crippen MR) is 208 cm³/mol. The molecule has 0 fully saturated rings. The molecule has 0 aromatic rings. The second kappa shape index (κ2) is 36.2. The Morgan fingerprint density at radius 3 is 1.40 bits per heavy atom. The van der Waals surface area contributed by atoms with Gasteiger partial charge >= 0.3 is 25.7 Å². The monoisotopic (exact) mass is 762 g/mol. The lowest BCUT2D eigenvalue weighted by Gasteiger charge is -2.20. The van der Waals surface area contributed by atoms with E-state index in [0.717, 1.165) is 57.8 Å². The topological polar surface area (TPSA) is 172 Å². The van der Waals surface area contributed by atoms with Crippen molar-refractivity contribution >= 4 is 25.7 Å². The minimum absolute atomic E-state index is 0.155. The number of carboxylic acid groups (broad SMARTS) is 1. The summed E-state index contributed by atoms with van der Waals surface area (Å²) in [6.07, 6.45) is 34.2. The molecule has 0 aliphatic carbocycles. The number of allylic oxidation sites excluding steroid dienone is 2. The first-order chi connectivity index (χ1) is 25.1. The summed E-state index contributed by atoms with van der Waals surface area (Å²) in [4.78, 5) is 45.8. The van der Waals surface area contributed by atoms with E-state index in [-0.39, 0.29) is 19.4 Å². The molecule has 0 amide bonds. The Labute approximate surface area is 316 Å². The molecule has 306 valence electrons. The van der Waals surface area contributed by atoms with Gasteiger partial charge in [-0.3, -0.25) is 23.4 Å². The molecule has 3 atom stereocenters. The SMILES string of the molecule is CCCCCCCC/C=C/CCCCCCCC(=O)O[C@H](COC(=O)CCCCCCCCCCCCCCC)COP(=O)(O)OC[C@H](N)C(=O)O.